The van der Waals surface area contributed by atoms with E-state index >= 15 is 8.78 Å². The van der Waals surface area contributed by atoms with E-state index in [-0.39, 0.29) is 43.3 Å². The Morgan fingerprint density at radius 3 is 2.40 bits per heavy atom. The molecule has 0 unspecified atom stereocenters. The van der Waals surface area contributed by atoms with Gasteiger partial charge < -0.3 is 24.2 Å². The summed E-state index contributed by atoms with van der Waals surface area (Å²) in [7, 11) is -0.862. The quantitative estimate of drug-likeness (QED) is 0.372. The Bertz CT molecular complexity index is 1350. The molecule has 0 radical (unpaired) electrons. The molecule has 7 nitrogen and oxygen atoms in total. The monoisotopic (exact) mass is 603 g/mol. The van der Waals surface area contributed by atoms with Crippen LogP contribution in [0.4, 0.5) is 22.8 Å². The van der Waals surface area contributed by atoms with Gasteiger partial charge in [0, 0.05) is 25.7 Å². The summed E-state index contributed by atoms with van der Waals surface area (Å²) >= 11 is 0. The molecular weight excluding hydrogens is 563 g/mol. The summed E-state index contributed by atoms with van der Waals surface area (Å²) in [6.07, 6.45) is -0.893. The fourth-order valence-corrected chi connectivity index (χ4v) is 6.39. The molecule has 2 aromatic carbocycles. The van der Waals surface area contributed by atoms with Gasteiger partial charge in [-0.1, -0.05) is 51.1 Å². The zero-order valence-electron chi connectivity index (χ0n) is 25.0. The molecule has 0 aliphatic carbocycles. The van der Waals surface area contributed by atoms with Gasteiger partial charge in [-0.3, -0.25) is 0 Å². The van der Waals surface area contributed by atoms with Gasteiger partial charge >= 0.3 is 12.1 Å². The van der Waals surface area contributed by atoms with Crippen molar-refractivity contribution in [2.75, 3.05) is 33.3 Å². The Morgan fingerprint density at radius 2 is 1.81 bits per heavy atom. The number of piperidine rings is 1. The molecular formula is C31H40F3N3O4Si. The molecule has 0 aromatic heterocycles. The highest BCUT2D eigenvalue weighted by molar-refractivity contribution is 6.74. The Balaban J connectivity index is 1.80. The second-order valence-electron chi connectivity index (χ2n) is 12.7. The fraction of sp³-hybridized carbons (Fsp3) is 0.484. The topological polar surface area (TPSA) is 73.3 Å². The molecule has 2 heterocycles. The fourth-order valence-electron chi connectivity index (χ4n) is 5.38. The smallest absolute Gasteiger partial charge is 0.407 e. The predicted octanol–water partition coefficient (Wildman–Crippen LogP) is 6.72. The van der Waals surface area contributed by atoms with Crippen LogP contribution >= 0.6 is 0 Å². The van der Waals surface area contributed by atoms with Crippen LogP contribution in [-0.4, -0.2) is 85.8 Å². The number of carbonyl (C=O) groups is 2. The maximum atomic E-state index is 15.3. The first-order valence-electron chi connectivity index (χ1n) is 14.1. The van der Waals surface area contributed by atoms with Crippen molar-refractivity contribution >= 4 is 26.0 Å². The molecule has 2 aliphatic heterocycles. The van der Waals surface area contributed by atoms with Crippen LogP contribution in [0.15, 0.2) is 54.6 Å². The van der Waals surface area contributed by atoms with E-state index in [9.17, 15) is 19.1 Å². The van der Waals surface area contributed by atoms with Gasteiger partial charge in [0.15, 0.2) is 8.32 Å². The van der Waals surface area contributed by atoms with Crippen LogP contribution in [0.2, 0.25) is 18.1 Å². The highest BCUT2D eigenvalue weighted by Gasteiger charge is 2.50. The summed E-state index contributed by atoms with van der Waals surface area (Å²) in [4.78, 5) is 29.6. The lowest BCUT2D eigenvalue weighted by molar-refractivity contribution is 0.0377. The molecule has 2 aromatic rings. The number of urea groups is 1. The normalized spacial score (nSPS) is 23.1. The van der Waals surface area contributed by atoms with E-state index in [1.54, 1.807) is 11.0 Å². The Hall–Kier alpha value is -3.31. The van der Waals surface area contributed by atoms with Gasteiger partial charge in [0.25, 0.3) is 0 Å². The maximum Gasteiger partial charge on any atom is 0.407 e. The first-order valence-corrected chi connectivity index (χ1v) is 17.0. The minimum atomic E-state index is -2.36. The summed E-state index contributed by atoms with van der Waals surface area (Å²) < 4.78 is 51.4. The van der Waals surface area contributed by atoms with Gasteiger partial charge in [0.1, 0.15) is 23.3 Å². The Kier molecular flexibility index (Phi) is 8.85. The standard InChI is InChI=1S/C31H40F3N3O4Si/c1-30(2,3)42(5,6)41-20-31(22-10-8-7-9-11-22)17-21(24-16-23(32)12-13-25(24)33)18-37(31)28(38)35(4)27-14-15-36(29(39)40)19-26(27)34/h7-13,16-17,26-27H,14-15,18-20H2,1-6H3,(H,39,40)/t26-,27+,31-/m1/s1. The molecule has 2 aliphatic rings. The van der Waals surface area contributed by atoms with Crippen molar-refractivity contribution < 1.29 is 32.3 Å². The third-order valence-electron chi connectivity index (χ3n) is 9.04. The molecule has 42 heavy (non-hydrogen) atoms. The van der Waals surface area contributed by atoms with Gasteiger partial charge in [0.2, 0.25) is 0 Å². The molecule has 1 fully saturated rings. The lowest BCUT2D eigenvalue weighted by Crippen LogP contribution is -2.60. The Morgan fingerprint density at radius 1 is 1.14 bits per heavy atom. The van der Waals surface area contributed by atoms with E-state index in [2.05, 4.69) is 33.9 Å². The van der Waals surface area contributed by atoms with E-state index in [0.29, 0.717) is 5.57 Å². The van der Waals surface area contributed by atoms with Gasteiger partial charge in [-0.05, 0) is 60.0 Å². The predicted molar refractivity (Wildman–Crippen MR) is 158 cm³/mol. The number of carboxylic acid groups (broad SMARTS) is 1. The molecule has 1 saturated heterocycles. The lowest BCUT2D eigenvalue weighted by atomic mass is 9.89. The highest BCUT2D eigenvalue weighted by atomic mass is 28.4. The van der Waals surface area contributed by atoms with Crippen molar-refractivity contribution in [2.24, 2.45) is 0 Å². The van der Waals surface area contributed by atoms with E-state index in [0.717, 1.165) is 28.7 Å². The van der Waals surface area contributed by atoms with Crippen LogP contribution in [0.5, 0.6) is 0 Å². The molecule has 3 atom stereocenters. The van der Waals surface area contributed by atoms with Gasteiger partial charge in [0.05, 0.1) is 19.2 Å². The van der Waals surface area contributed by atoms with Crippen molar-refractivity contribution in [1.29, 1.82) is 0 Å². The first kappa shape index (κ1) is 31.6. The number of amides is 3. The van der Waals surface area contributed by atoms with Gasteiger partial charge in [-0.2, -0.15) is 0 Å². The third-order valence-corrected chi connectivity index (χ3v) is 13.5. The van der Waals surface area contributed by atoms with Gasteiger partial charge in [-0.25, -0.2) is 22.8 Å². The largest absolute Gasteiger partial charge is 0.465 e. The average molecular weight is 604 g/mol. The minimum absolute atomic E-state index is 0.0405. The van der Waals surface area contributed by atoms with E-state index in [1.807, 2.05) is 30.3 Å². The second kappa shape index (κ2) is 11.8. The van der Waals surface area contributed by atoms with E-state index < -0.39 is 49.8 Å². The summed E-state index contributed by atoms with van der Waals surface area (Å²) in [5.74, 6) is -1.23. The highest BCUT2D eigenvalue weighted by Crippen LogP contribution is 2.45. The van der Waals surface area contributed by atoms with Crippen molar-refractivity contribution in [2.45, 2.75) is 63.1 Å². The zero-order valence-corrected chi connectivity index (χ0v) is 26.0. The lowest BCUT2D eigenvalue weighted by Gasteiger charge is -2.46. The number of hydrogen-bond acceptors (Lipinski definition) is 3. The molecule has 4 rings (SSSR count). The molecule has 0 spiro atoms. The SMILES string of the molecule is CN(C(=O)N1CC(c2cc(F)ccc2F)=C[C@@]1(CO[Si](C)(C)C(C)(C)C)c1ccccc1)[C@H]1CCN(C(=O)O)C[C@H]1F. The van der Waals surface area contributed by atoms with Crippen LogP contribution in [0.1, 0.15) is 38.3 Å². The van der Waals surface area contributed by atoms with Crippen LogP contribution < -0.4 is 0 Å². The van der Waals surface area contributed by atoms with E-state index in [4.69, 9.17) is 4.43 Å². The number of rotatable bonds is 6. The minimum Gasteiger partial charge on any atom is -0.465 e. The van der Waals surface area contributed by atoms with Crippen LogP contribution in [0.25, 0.3) is 5.57 Å². The summed E-state index contributed by atoms with van der Waals surface area (Å²) in [6.45, 7) is 10.3. The summed E-state index contributed by atoms with van der Waals surface area (Å²) in [5, 5.41) is 9.17. The number of benzene rings is 2. The number of hydrogen-bond donors (Lipinski definition) is 1. The third kappa shape index (κ3) is 6.08. The summed E-state index contributed by atoms with van der Waals surface area (Å²) in [5.41, 5.74) is -0.0357. The van der Waals surface area contributed by atoms with Crippen molar-refractivity contribution in [3.8, 4) is 0 Å². The molecule has 1 N–H and O–H groups in total. The second-order valence-corrected chi connectivity index (χ2v) is 17.5. The van der Waals surface area contributed by atoms with Gasteiger partial charge in [-0.15, -0.1) is 0 Å². The van der Waals surface area contributed by atoms with Crippen molar-refractivity contribution in [1.82, 2.24) is 14.7 Å². The zero-order chi connectivity index (χ0) is 31.0. The molecule has 0 saturated carbocycles. The summed E-state index contributed by atoms with van der Waals surface area (Å²) in [6, 6.07) is 11.1. The maximum absolute atomic E-state index is 15.3. The van der Waals surface area contributed by atoms with Crippen molar-refractivity contribution in [3.05, 3.63) is 77.4 Å². The van der Waals surface area contributed by atoms with Crippen LogP contribution in [0.3, 0.4) is 0 Å². The molecule has 228 valence electrons. The number of likely N-dealkylation sites (tertiary alicyclic amines) is 1. The van der Waals surface area contributed by atoms with Crippen LogP contribution in [0, 0.1) is 11.6 Å². The molecule has 11 heteroatoms. The number of halogens is 3. The number of nitrogens with zero attached hydrogens (tertiary/aromatic N) is 3. The first-order chi connectivity index (χ1) is 19.6. The Labute approximate surface area is 246 Å². The molecule has 3 amide bonds. The number of carbonyl (C=O) groups excluding carboxylic acids is 1. The average Bonchev–Trinajstić information content (AvgIpc) is 3.33. The molecule has 0 bridgehead atoms. The number of alkyl halides is 1. The van der Waals surface area contributed by atoms with Crippen molar-refractivity contribution in [3.63, 3.8) is 0 Å². The van der Waals surface area contributed by atoms with E-state index in [1.165, 1.54) is 11.9 Å². The van der Waals surface area contributed by atoms with Crippen LogP contribution in [-0.2, 0) is 9.96 Å².